The second-order valence-electron chi connectivity index (χ2n) is 8.33. The molecule has 0 bridgehead atoms. The number of carbonyl (C=O) groups is 2. The van der Waals surface area contributed by atoms with Crippen LogP contribution in [0.3, 0.4) is 0 Å². The van der Waals surface area contributed by atoms with Crippen molar-refractivity contribution in [3.05, 3.63) is 59.1 Å². The minimum absolute atomic E-state index is 0.184. The van der Waals surface area contributed by atoms with E-state index in [0.29, 0.717) is 11.3 Å². The van der Waals surface area contributed by atoms with Gasteiger partial charge in [0.1, 0.15) is 0 Å². The topological polar surface area (TPSA) is 100 Å². The van der Waals surface area contributed by atoms with Gasteiger partial charge < -0.3 is 15.3 Å². The van der Waals surface area contributed by atoms with Crippen LogP contribution >= 0.6 is 11.3 Å². The average Bonchev–Trinajstić information content (AvgIpc) is 3.34. The zero-order valence-corrected chi connectivity index (χ0v) is 18.9. The van der Waals surface area contributed by atoms with Crippen molar-refractivity contribution >= 4 is 23.3 Å². The summed E-state index contributed by atoms with van der Waals surface area (Å²) < 4.78 is 1.65. The fourth-order valence-corrected chi connectivity index (χ4v) is 4.24. The van der Waals surface area contributed by atoms with Crippen LogP contribution in [0.1, 0.15) is 36.0 Å². The maximum atomic E-state index is 13.0. The maximum absolute atomic E-state index is 13.0. The highest BCUT2D eigenvalue weighted by atomic mass is 32.1. The van der Waals surface area contributed by atoms with Crippen molar-refractivity contribution in [1.29, 1.82) is 0 Å². The predicted octanol–water partition coefficient (Wildman–Crippen LogP) is 3.66. The number of carbonyl (C=O) groups excluding carboxylic acids is 1. The van der Waals surface area contributed by atoms with Crippen LogP contribution in [-0.2, 0) is 13.5 Å². The largest absolute Gasteiger partial charge is 0.465 e. The van der Waals surface area contributed by atoms with Gasteiger partial charge in [-0.15, -0.1) is 16.4 Å². The van der Waals surface area contributed by atoms with Crippen LogP contribution in [0.4, 0.5) is 4.79 Å². The third-order valence-electron chi connectivity index (χ3n) is 4.90. The van der Waals surface area contributed by atoms with Crippen molar-refractivity contribution in [2.24, 2.45) is 7.05 Å². The molecule has 31 heavy (non-hydrogen) atoms. The molecule has 3 aromatic rings. The number of aromatic nitrogens is 3. The van der Waals surface area contributed by atoms with Gasteiger partial charge in [-0.1, -0.05) is 35.5 Å². The standard InChI is InChI=1S/C22H27N5O3S/c1-22(2,3)27(21(29)30)14-16(12-15-8-6-5-7-9-15)24-20(28)19-11-10-18(31-19)17-13-23-25-26(17)4/h5-11,13,16H,12,14H2,1-4H3,(H,24,28)(H,29,30)/t16-/m0/s1. The minimum Gasteiger partial charge on any atom is -0.465 e. The molecule has 3 rings (SSSR count). The minimum atomic E-state index is -1.01. The highest BCUT2D eigenvalue weighted by molar-refractivity contribution is 7.17. The molecule has 8 nitrogen and oxygen atoms in total. The Morgan fingerprint density at radius 3 is 2.48 bits per heavy atom. The monoisotopic (exact) mass is 441 g/mol. The van der Waals surface area contributed by atoms with E-state index >= 15 is 0 Å². The summed E-state index contributed by atoms with van der Waals surface area (Å²) in [6, 6.07) is 13.0. The molecule has 0 fully saturated rings. The molecule has 1 aromatic carbocycles. The quantitative estimate of drug-likeness (QED) is 0.583. The van der Waals surface area contributed by atoms with Crippen LogP contribution in [0, 0.1) is 0 Å². The Balaban J connectivity index is 1.80. The summed E-state index contributed by atoms with van der Waals surface area (Å²) in [6.45, 7) is 5.71. The number of hydrogen-bond donors (Lipinski definition) is 2. The summed E-state index contributed by atoms with van der Waals surface area (Å²) >= 11 is 1.35. The number of thiophene rings is 1. The Bertz CT molecular complexity index is 1040. The van der Waals surface area contributed by atoms with Crippen LogP contribution in [0.15, 0.2) is 48.7 Å². The van der Waals surface area contributed by atoms with Crippen molar-refractivity contribution in [3.63, 3.8) is 0 Å². The van der Waals surface area contributed by atoms with E-state index in [0.717, 1.165) is 16.1 Å². The predicted molar refractivity (Wildman–Crippen MR) is 120 cm³/mol. The summed E-state index contributed by atoms with van der Waals surface area (Å²) in [4.78, 5) is 27.7. The fraction of sp³-hybridized carbons (Fsp3) is 0.364. The second kappa shape index (κ2) is 9.30. The molecule has 2 heterocycles. The van der Waals surface area contributed by atoms with Gasteiger partial charge in [-0.05, 0) is 44.9 Å². The Labute approximate surface area is 185 Å². The third kappa shape index (κ3) is 5.69. The van der Waals surface area contributed by atoms with Gasteiger partial charge in [0, 0.05) is 19.1 Å². The van der Waals surface area contributed by atoms with Gasteiger partial charge >= 0.3 is 6.09 Å². The molecule has 0 saturated carbocycles. The van der Waals surface area contributed by atoms with E-state index in [-0.39, 0.29) is 18.5 Å². The van der Waals surface area contributed by atoms with Gasteiger partial charge in [-0.3, -0.25) is 4.79 Å². The maximum Gasteiger partial charge on any atom is 0.407 e. The normalized spacial score (nSPS) is 12.4. The Morgan fingerprint density at radius 1 is 1.19 bits per heavy atom. The van der Waals surface area contributed by atoms with Crippen LogP contribution in [0.25, 0.3) is 10.6 Å². The van der Waals surface area contributed by atoms with Gasteiger partial charge in [0.2, 0.25) is 0 Å². The van der Waals surface area contributed by atoms with E-state index in [4.69, 9.17) is 0 Å². The van der Waals surface area contributed by atoms with E-state index in [1.807, 2.05) is 57.2 Å². The first kappa shape index (κ1) is 22.5. The zero-order chi connectivity index (χ0) is 22.6. The second-order valence-corrected chi connectivity index (χ2v) is 9.41. The molecule has 0 spiro atoms. The average molecular weight is 442 g/mol. The lowest BCUT2D eigenvalue weighted by Gasteiger charge is -2.36. The molecule has 0 aliphatic heterocycles. The van der Waals surface area contributed by atoms with Gasteiger partial charge in [0.15, 0.2) is 0 Å². The molecule has 0 aliphatic rings. The smallest absolute Gasteiger partial charge is 0.407 e. The summed E-state index contributed by atoms with van der Waals surface area (Å²) in [5.41, 5.74) is 1.27. The third-order valence-corrected chi connectivity index (χ3v) is 6.01. The molecule has 0 aliphatic carbocycles. The Kier molecular flexibility index (Phi) is 6.74. The molecule has 9 heteroatoms. The highest BCUT2D eigenvalue weighted by Crippen LogP contribution is 2.27. The number of carboxylic acid groups (broad SMARTS) is 1. The first-order chi connectivity index (χ1) is 14.6. The number of benzene rings is 1. The van der Waals surface area contributed by atoms with Crippen molar-refractivity contribution < 1.29 is 14.7 Å². The molecule has 2 amide bonds. The molecule has 0 unspecified atom stereocenters. The van der Waals surface area contributed by atoms with Gasteiger partial charge in [0.05, 0.1) is 27.7 Å². The van der Waals surface area contributed by atoms with E-state index in [1.54, 1.807) is 24.0 Å². The van der Waals surface area contributed by atoms with Crippen LogP contribution in [-0.4, -0.2) is 55.1 Å². The molecule has 1 atom stereocenters. The van der Waals surface area contributed by atoms with E-state index in [9.17, 15) is 14.7 Å². The van der Waals surface area contributed by atoms with Crippen LogP contribution in [0.2, 0.25) is 0 Å². The van der Waals surface area contributed by atoms with Crippen molar-refractivity contribution in [3.8, 4) is 10.6 Å². The summed E-state index contributed by atoms with van der Waals surface area (Å²) in [5, 5.41) is 20.6. The number of nitrogens with zero attached hydrogens (tertiary/aromatic N) is 4. The summed E-state index contributed by atoms with van der Waals surface area (Å²) in [7, 11) is 1.80. The number of nitrogens with one attached hydrogen (secondary N) is 1. The first-order valence-corrected chi connectivity index (χ1v) is 10.8. The van der Waals surface area contributed by atoms with Crippen molar-refractivity contribution in [2.45, 2.75) is 38.8 Å². The summed E-state index contributed by atoms with van der Waals surface area (Å²) in [6.07, 6.45) is 1.16. The molecule has 2 N–H and O–H groups in total. The van der Waals surface area contributed by atoms with Crippen LogP contribution in [0.5, 0.6) is 0 Å². The Hall–Kier alpha value is -3.20. The van der Waals surface area contributed by atoms with E-state index in [2.05, 4.69) is 15.6 Å². The lowest BCUT2D eigenvalue weighted by atomic mass is 10.0. The molecular weight excluding hydrogens is 414 g/mol. The first-order valence-electron chi connectivity index (χ1n) is 9.95. The number of amides is 2. The van der Waals surface area contributed by atoms with E-state index in [1.165, 1.54) is 16.2 Å². The number of aryl methyl sites for hydroxylation is 1. The van der Waals surface area contributed by atoms with Crippen molar-refractivity contribution in [2.75, 3.05) is 6.54 Å². The lowest BCUT2D eigenvalue weighted by Crippen LogP contribution is -2.53. The fourth-order valence-electron chi connectivity index (χ4n) is 3.29. The Morgan fingerprint density at radius 2 is 1.90 bits per heavy atom. The molecule has 164 valence electrons. The lowest BCUT2D eigenvalue weighted by molar-refractivity contribution is 0.0824. The molecular formula is C22H27N5O3S. The van der Waals surface area contributed by atoms with Gasteiger partial charge in [-0.2, -0.15) is 0 Å². The number of hydrogen-bond acceptors (Lipinski definition) is 5. The van der Waals surface area contributed by atoms with E-state index < -0.39 is 11.6 Å². The van der Waals surface area contributed by atoms with Gasteiger partial charge in [-0.25, -0.2) is 9.48 Å². The SMILES string of the molecule is Cn1nncc1-c1ccc(C(=O)N[C@@H](Cc2ccccc2)CN(C(=O)O)C(C)(C)C)s1. The zero-order valence-electron chi connectivity index (χ0n) is 18.1. The molecule has 2 aromatic heterocycles. The number of rotatable bonds is 7. The summed E-state index contributed by atoms with van der Waals surface area (Å²) in [5.74, 6) is -0.230. The van der Waals surface area contributed by atoms with Crippen LogP contribution < -0.4 is 5.32 Å². The molecule has 0 saturated heterocycles. The highest BCUT2D eigenvalue weighted by Gasteiger charge is 2.30. The van der Waals surface area contributed by atoms with Gasteiger partial charge in [0.25, 0.3) is 5.91 Å². The van der Waals surface area contributed by atoms with Crippen molar-refractivity contribution in [1.82, 2.24) is 25.2 Å². The molecule has 0 radical (unpaired) electrons.